The van der Waals surface area contributed by atoms with Crippen LogP contribution in [0.2, 0.25) is 0 Å². The molecule has 3 aromatic rings. The van der Waals surface area contributed by atoms with E-state index >= 15 is 0 Å². The topological polar surface area (TPSA) is 110 Å². The van der Waals surface area contributed by atoms with Crippen LogP contribution in [0, 0.1) is 73.9 Å². The van der Waals surface area contributed by atoms with E-state index in [-0.39, 0.29) is 70.0 Å². The number of benzene rings is 2. The molecule has 6 aliphatic rings. The third kappa shape index (κ3) is 6.87. The standard InChI is InChI=1S/C55H73N3O5/c1-34(2)37-22-27-55(49(61)57-32-45-56-31-41(58-45)36-18-14-11-15-19-36)29-28-53(8)38(46(37)55)20-21-43-52(7)25-24-44(51(5,6)42(52)23-26-54(43,53)9)63-48(60)40-30-39(50(40,3)4)47(59)62-33-35-16-12-10-13-17-35/h10-19,31,37-40,42-44,46H,1,20-30,32-33H2,2-9H3,(H,56,58)(H,57,61)/t37-,38+,39-,40+,42-,43+,44-,46+,52-,53+,54+,55-/m0/s1. The van der Waals surface area contributed by atoms with Crippen molar-refractivity contribution in [1.29, 1.82) is 0 Å². The van der Waals surface area contributed by atoms with E-state index in [0.717, 1.165) is 80.4 Å². The van der Waals surface area contributed by atoms with Crippen molar-refractivity contribution < 1.29 is 23.9 Å². The van der Waals surface area contributed by atoms with Crippen molar-refractivity contribution in [2.45, 2.75) is 145 Å². The Morgan fingerprint density at radius 3 is 2.16 bits per heavy atom. The molecule has 0 aliphatic heterocycles. The molecule has 12 atom stereocenters. The molecule has 1 heterocycles. The average molecular weight is 856 g/mol. The van der Waals surface area contributed by atoms with Crippen LogP contribution in [0.1, 0.15) is 137 Å². The van der Waals surface area contributed by atoms with Gasteiger partial charge in [0.2, 0.25) is 5.91 Å². The van der Waals surface area contributed by atoms with Crippen molar-refractivity contribution in [2.24, 2.45) is 73.9 Å². The van der Waals surface area contributed by atoms with Crippen LogP contribution >= 0.6 is 0 Å². The van der Waals surface area contributed by atoms with E-state index < -0.39 is 10.8 Å². The van der Waals surface area contributed by atoms with Crippen LogP contribution in [0.4, 0.5) is 0 Å². The van der Waals surface area contributed by atoms with Gasteiger partial charge < -0.3 is 19.8 Å². The first-order valence-electron chi connectivity index (χ1n) is 24.3. The number of nitrogens with one attached hydrogen (secondary N) is 2. The van der Waals surface area contributed by atoms with E-state index in [1.807, 2.05) is 68.6 Å². The molecule has 8 heteroatoms. The molecule has 338 valence electrons. The maximum atomic E-state index is 14.8. The minimum Gasteiger partial charge on any atom is -0.462 e. The molecular weight excluding hydrogens is 783 g/mol. The van der Waals surface area contributed by atoms with Crippen LogP contribution in [0.3, 0.4) is 0 Å². The normalized spacial score (nSPS) is 38.3. The SMILES string of the molecule is C=C(C)[C@@H]1CC[C@]2(C(=O)NCc3ncc(-c4ccccc4)[nH]3)CC[C@]3(C)[C@H](CC[C@@H]4[C@@]5(C)CC[C@H](OC(=O)[C@H]6C[C@@H](C(=O)OCc7ccccc7)C6(C)C)C(C)(C)[C@@H]5CC[C@]43C)[C@@H]12. The number of H-pyrrole nitrogens is 1. The Balaban J connectivity index is 0.882. The molecule has 0 saturated heterocycles. The molecule has 0 unspecified atom stereocenters. The predicted molar refractivity (Wildman–Crippen MR) is 246 cm³/mol. The fourth-order valence-corrected chi connectivity index (χ4v) is 16.1. The van der Waals surface area contributed by atoms with Gasteiger partial charge in [-0.25, -0.2) is 4.98 Å². The van der Waals surface area contributed by atoms with Crippen LogP contribution in [0.15, 0.2) is 79.0 Å². The summed E-state index contributed by atoms with van der Waals surface area (Å²) in [5.74, 6) is 2.03. The van der Waals surface area contributed by atoms with Gasteiger partial charge in [0, 0.05) is 5.41 Å². The molecule has 1 aromatic heterocycles. The summed E-state index contributed by atoms with van der Waals surface area (Å²) >= 11 is 0. The number of rotatable bonds is 10. The zero-order chi connectivity index (χ0) is 44.7. The Kier molecular flexibility index (Phi) is 11.0. The third-order valence-corrected chi connectivity index (χ3v) is 19.9. The van der Waals surface area contributed by atoms with Gasteiger partial charge in [-0.1, -0.05) is 121 Å². The number of aromatic nitrogens is 2. The van der Waals surface area contributed by atoms with E-state index in [1.54, 1.807) is 0 Å². The van der Waals surface area contributed by atoms with Gasteiger partial charge >= 0.3 is 11.9 Å². The molecule has 0 spiro atoms. The van der Waals surface area contributed by atoms with E-state index in [4.69, 9.17) is 9.47 Å². The number of aromatic amines is 1. The number of esters is 2. The minimum absolute atomic E-state index is 0.101. The van der Waals surface area contributed by atoms with Gasteiger partial charge in [0.25, 0.3) is 0 Å². The second kappa shape index (κ2) is 15.8. The Labute approximate surface area is 376 Å². The highest BCUT2D eigenvalue weighted by Gasteiger charge is 2.72. The van der Waals surface area contributed by atoms with Gasteiger partial charge in [0.05, 0.1) is 35.7 Å². The molecule has 2 N–H and O–H groups in total. The van der Waals surface area contributed by atoms with Gasteiger partial charge in [0.15, 0.2) is 0 Å². The highest BCUT2D eigenvalue weighted by molar-refractivity contribution is 5.84. The Morgan fingerprint density at radius 2 is 1.46 bits per heavy atom. The second-order valence-electron chi connectivity index (χ2n) is 23.2. The smallest absolute Gasteiger partial charge is 0.309 e. The number of allylic oxidation sites excluding steroid dienone is 1. The van der Waals surface area contributed by atoms with Crippen LogP contribution in [-0.4, -0.2) is 33.9 Å². The number of carbonyl (C=O) groups excluding carboxylic acids is 3. The maximum absolute atomic E-state index is 14.8. The van der Waals surface area contributed by atoms with Crippen LogP contribution in [0.5, 0.6) is 0 Å². The largest absolute Gasteiger partial charge is 0.462 e. The number of hydrogen-bond donors (Lipinski definition) is 2. The van der Waals surface area contributed by atoms with Crippen molar-refractivity contribution in [1.82, 2.24) is 15.3 Å². The summed E-state index contributed by atoms with van der Waals surface area (Å²) in [7, 11) is 0. The Hall–Kier alpha value is -4.20. The molecule has 0 bridgehead atoms. The molecule has 9 rings (SSSR count). The van der Waals surface area contributed by atoms with Crippen molar-refractivity contribution in [2.75, 3.05) is 0 Å². The first kappa shape index (κ1) is 44.0. The molecule has 6 saturated carbocycles. The number of hydrogen-bond acceptors (Lipinski definition) is 6. The zero-order valence-corrected chi connectivity index (χ0v) is 39.4. The fourth-order valence-electron chi connectivity index (χ4n) is 16.1. The Bertz CT molecular complexity index is 2230. The van der Waals surface area contributed by atoms with Crippen molar-refractivity contribution >= 4 is 17.8 Å². The number of imidazole rings is 1. The average Bonchev–Trinajstić information content (AvgIpc) is 3.90. The fraction of sp³-hybridized carbons (Fsp3) is 0.636. The summed E-state index contributed by atoms with van der Waals surface area (Å²) in [5.41, 5.74) is 3.50. The highest BCUT2D eigenvalue weighted by atomic mass is 16.5. The summed E-state index contributed by atoms with van der Waals surface area (Å²) in [6.45, 7) is 24.1. The van der Waals surface area contributed by atoms with E-state index in [0.29, 0.717) is 36.6 Å². The number of fused-ring (bicyclic) bond motifs is 7. The molecule has 63 heavy (non-hydrogen) atoms. The number of amides is 1. The lowest BCUT2D eigenvalue weighted by atomic mass is 9.32. The predicted octanol–water partition coefficient (Wildman–Crippen LogP) is 11.7. The second-order valence-corrected chi connectivity index (χ2v) is 23.2. The van der Waals surface area contributed by atoms with Gasteiger partial charge in [0.1, 0.15) is 18.5 Å². The molecule has 1 amide bonds. The lowest BCUT2D eigenvalue weighted by Gasteiger charge is -2.73. The molecule has 0 radical (unpaired) electrons. The van der Waals surface area contributed by atoms with Gasteiger partial charge in [-0.15, -0.1) is 0 Å². The number of nitrogens with zero attached hydrogens (tertiary/aromatic N) is 1. The number of carbonyl (C=O) groups is 3. The lowest BCUT2D eigenvalue weighted by molar-refractivity contribution is -0.251. The summed E-state index contributed by atoms with van der Waals surface area (Å²) in [6, 6.07) is 20.0. The van der Waals surface area contributed by atoms with Crippen LogP contribution in [-0.2, 0) is 37.0 Å². The van der Waals surface area contributed by atoms with Crippen LogP contribution in [0.25, 0.3) is 11.3 Å². The quantitative estimate of drug-likeness (QED) is 0.155. The highest BCUT2D eigenvalue weighted by Crippen LogP contribution is 2.77. The molecule has 6 fully saturated rings. The summed E-state index contributed by atoms with van der Waals surface area (Å²) in [6.07, 6.45) is 12.6. The first-order valence-corrected chi connectivity index (χ1v) is 24.3. The first-order chi connectivity index (χ1) is 29.9. The number of ether oxygens (including phenoxy) is 2. The van der Waals surface area contributed by atoms with E-state index in [9.17, 15) is 14.4 Å². The summed E-state index contributed by atoms with van der Waals surface area (Å²) in [5, 5.41) is 3.42. The maximum Gasteiger partial charge on any atom is 0.309 e. The van der Waals surface area contributed by atoms with Gasteiger partial charge in [-0.05, 0) is 140 Å². The van der Waals surface area contributed by atoms with Gasteiger partial charge in [-0.3, -0.25) is 14.4 Å². The van der Waals surface area contributed by atoms with E-state index in [2.05, 4.69) is 75.5 Å². The summed E-state index contributed by atoms with van der Waals surface area (Å²) < 4.78 is 12.3. The van der Waals surface area contributed by atoms with Crippen molar-refractivity contribution in [3.8, 4) is 11.3 Å². The monoisotopic (exact) mass is 856 g/mol. The molecular formula is C55H73N3O5. The summed E-state index contributed by atoms with van der Waals surface area (Å²) in [4.78, 5) is 50.1. The third-order valence-electron chi connectivity index (χ3n) is 19.9. The van der Waals surface area contributed by atoms with Gasteiger partial charge in [-0.2, -0.15) is 0 Å². The lowest BCUT2D eigenvalue weighted by Crippen LogP contribution is -2.67. The molecule has 2 aromatic carbocycles. The minimum atomic E-state index is -0.522. The van der Waals surface area contributed by atoms with Crippen LogP contribution < -0.4 is 5.32 Å². The molecule has 8 nitrogen and oxygen atoms in total. The van der Waals surface area contributed by atoms with Crippen molar-refractivity contribution in [3.05, 3.63) is 90.4 Å². The molecule has 6 aliphatic carbocycles. The Morgan fingerprint density at radius 1 is 0.762 bits per heavy atom. The zero-order valence-electron chi connectivity index (χ0n) is 39.4. The van der Waals surface area contributed by atoms with Crippen molar-refractivity contribution in [3.63, 3.8) is 0 Å². The van der Waals surface area contributed by atoms with E-state index in [1.165, 1.54) is 12.0 Å².